The Hall–Kier alpha value is -2.69. The van der Waals surface area contributed by atoms with Crippen LogP contribution in [0.4, 0.5) is 0 Å². The first-order chi connectivity index (χ1) is 12.7. The van der Waals surface area contributed by atoms with Crippen LogP contribution in [-0.4, -0.2) is 22.9 Å². The van der Waals surface area contributed by atoms with Crippen LogP contribution in [0.25, 0.3) is 11.3 Å². The summed E-state index contributed by atoms with van der Waals surface area (Å²) in [5, 5.41) is 0. The molecular formula is C22H25NO4. The molecule has 0 aliphatic carbocycles. The smallest absolute Gasteiger partial charge is 0.343 e. The van der Waals surface area contributed by atoms with Crippen molar-refractivity contribution in [2.75, 3.05) is 6.61 Å². The number of esters is 1. The molecule has 0 bridgehead atoms. The SMILES string of the molecule is CCOC(=O)c1cn2c(cc1=O)-c1cc(C(C)=O)c(C)cc1CC2C(C)C. The van der Waals surface area contributed by atoms with Crippen molar-refractivity contribution in [2.24, 2.45) is 5.92 Å². The number of aryl methyl sites for hydroxylation is 1. The van der Waals surface area contributed by atoms with Gasteiger partial charge in [-0.3, -0.25) is 9.59 Å². The van der Waals surface area contributed by atoms with E-state index in [1.54, 1.807) is 20.0 Å². The zero-order chi connectivity index (χ0) is 19.9. The molecule has 2 aromatic rings. The number of carbonyl (C=O) groups is 2. The second kappa shape index (κ2) is 7.14. The number of carbonyl (C=O) groups excluding carboxylic acids is 2. The first-order valence-electron chi connectivity index (χ1n) is 9.32. The molecule has 27 heavy (non-hydrogen) atoms. The molecule has 1 aromatic carbocycles. The van der Waals surface area contributed by atoms with E-state index in [9.17, 15) is 14.4 Å². The van der Waals surface area contributed by atoms with Crippen LogP contribution in [-0.2, 0) is 11.2 Å². The van der Waals surface area contributed by atoms with Gasteiger partial charge in [-0.15, -0.1) is 0 Å². The van der Waals surface area contributed by atoms with Crippen LogP contribution in [0.5, 0.6) is 0 Å². The van der Waals surface area contributed by atoms with Crippen LogP contribution in [0.15, 0.2) is 29.2 Å². The maximum absolute atomic E-state index is 12.6. The lowest BCUT2D eigenvalue weighted by Gasteiger charge is -2.34. The first kappa shape index (κ1) is 19.1. The van der Waals surface area contributed by atoms with E-state index in [4.69, 9.17) is 4.74 Å². The summed E-state index contributed by atoms with van der Waals surface area (Å²) in [4.78, 5) is 36.8. The number of benzene rings is 1. The molecule has 1 aliphatic rings. The van der Waals surface area contributed by atoms with Gasteiger partial charge in [0.15, 0.2) is 11.2 Å². The van der Waals surface area contributed by atoms with Gasteiger partial charge in [-0.2, -0.15) is 0 Å². The highest BCUT2D eigenvalue weighted by Crippen LogP contribution is 2.38. The molecule has 2 heterocycles. The number of ketones is 1. The maximum atomic E-state index is 12.6. The number of rotatable bonds is 4. The monoisotopic (exact) mass is 367 g/mol. The molecule has 0 saturated heterocycles. The lowest BCUT2D eigenvalue weighted by molar-refractivity contribution is 0.0523. The van der Waals surface area contributed by atoms with Crippen LogP contribution in [0.2, 0.25) is 0 Å². The Morgan fingerprint density at radius 3 is 2.52 bits per heavy atom. The molecule has 5 heteroatoms. The average Bonchev–Trinajstić information content (AvgIpc) is 2.59. The number of hydrogen-bond acceptors (Lipinski definition) is 4. The molecule has 0 amide bonds. The lowest BCUT2D eigenvalue weighted by Crippen LogP contribution is -2.29. The van der Waals surface area contributed by atoms with E-state index in [1.165, 1.54) is 6.07 Å². The Morgan fingerprint density at radius 2 is 1.93 bits per heavy atom. The summed E-state index contributed by atoms with van der Waals surface area (Å²) in [5.41, 5.74) is 4.05. The summed E-state index contributed by atoms with van der Waals surface area (Å²) < 4.78 is 7.03. The van der Waals surface area contributed by atoms with Gasteiger partial charge in [0.25, 0.3) is 0 Å². The van der Waals surface area contributed by atoms with E-state index in [1.807, 2.05) is 17.6 Å². The van der Waals surface area contributed by atoms with Crippen LogP contribution >= 0.6 is 0 Å². The summed E-state index contributed by atoms with van der Waals surface area (Å²) >= 11 is 0. The van der Waals surface area contributed by atoms with Crippen molar-refractivity contribution in [3.05, 3.63) is 56.9 Å². The summed E-state index contributed by atoms with van der Waals surface area (Å²) in [7, 11) is 0. The van der Waals surface area contributed by atoms with Gasteiger partial charge in [-0.05, 0) is 50.3 Å². The minimum atomic E-state index is -0.598. The molecule has 5 nitrogen and oxygen atoms in total. The predicted molar refractivity (Wildman–Crippen MR) is 104 cm³/mol. The molecule has 1 atom stereocenters. The topological polar surface area (TPSA) is 65.4 Å². The van der Waals surface area contributed by atoms with Gasteiger partial charge < -0.3 is 9.30 Å². The fourth-order valence-corrected chi connectivity index (χ4v) is 3.84. The fraction of sp³-hybridized carbons (Fsp3) is 0.409. The highest BCUT2D eigenvalue weighted by atomic mass is 16.5. The molecule has 0 spiro atoms. The van der Waals surface area contributed by atoms with Crippen LogP contribution in [0.3, 0.4) is 0 Å². The molecule has 0 N–H and O–H groups in total. The van der Waals surface area contributed by atoms with Gasteiger partial charge in [0.1, 0.15) is 5.56 Å². The zero-order valence-electron chi connectivity index (χ0n) is 16.5. The summed E-state index contributed by atoms with van der Waals surface area (Å²) in [6.45, 7) is 9.67. The maximum Gasteiger partial charge on any atom is 0.343 e. The Balaban J connectivity index is 2.27. The molecule has 0 saturated carbocycles. The van der Waals surface area contributed by atoms with Crippen LogP contribution in [0.1, 0.15) is 65.6 Å². The largest absolute Gasteiger partial charge is 0.462 e. The third-order valence-electron chi connectivity index (χ3n) is 5.24. The first-order valence-corrected chi connectivity index (χ1v) is 9.32. The zero-order valence-corrected chi connectivity index (χ0v) is 16.5. The fourth-order valence-electron chi connectivity index (χ4n) is 3.84. The van der Waals surface area contributed by atoms with Gasteiger partial charge in [0.2, 0.25) is 0 Å². The van der Waals surface area contributed by atoms with Crippen molar-refractivity contribution in [1.82, 2.24) is 4.57 Å². The van der Waals surface area contributed by atoms with Gasteiger partial charge >= 0.3 is 5.97 Å². The minimum Gasteiger partial charge on any atom is -0.462 e. The average molecular weight is 367 g/mol. The number of pyridine rings is 1. The molecule has 0 radical (unpaired) electrons. The number of hydrogen-bond donors (Lipinski definition) is 0. The normalized spacial score (nSPS) is 15.3. The quantitative estimate of drug-likeness (QED) is 0.606. The molecule has 142 valence electrons. The van der Waals surface area contributed by atoms with E-state index in [-0.39, 0.29) is 29.4 Å². The van der Waals surface area contributed by atoms with E-state index in [0.29, 0.717) is 11.5 Å². The van der Waals surface area contributed by atoms with Gasteiger partial charge in [0.05, 0.1) is 12.3 Å². The molecule has 1 aliphatic heterocycles. The third-order valence-corrected chi connectivity index (χ3v) is 5.24. The number of nitrogens with zero attached hydrogens (tertiary/aromatic N) is 1. The van der Waals surface area contributed by atoms with Crippen molar-refractivity contribution in [2.45, 2.75) is 47.1 Å². The Bertz CT molecular complexity index is 985. The number of Topliss-reactive ketones (excluding diaryl/α,β-unsaturated/α-hetero) is 1. The van der Waals surface area contributed by atoms with Crippen molar-refractivity contribution in [3.63, 3.8) is 0 Å². The summed E-state index contributed by atoms with van der Waals surface area (Å²) in [6.07, 6.45) is 2.40. The van der Waals surface area contributed by atoms with Crippen molar-refractivity contribution in [3.8, 4) is 11.3 Å². The predicted octanol–water partition coefficient (Wildman–Crippen LogP) is 3.96. The van der Waals surface area contributed by atoms with Crippen molar-refractivity contribution < 1.29 is 14.3 Å². The Labute approximate surface area is 159 Å². The van der Waals surface area contributed by atoms with Gasteiger partial charge in [-0.25, -0.2) is 4.79 Å². The van der Waals surface area contributed by atoms with E-state index in [2.05, 4.69) is 19.9 Å². The van der Waals surface area contributed by atoms with Crippen molar-refractivity contribution >= 4 is 11.8 Å². The van der Waals surface area contributed by atoms with Gasteiger partial charge in [0, 0.05) is 29.4 Å². The molecule has 0 fully saturated rings. The number of aromatic nitrogens is 1. The second-order valence-electron chi connectivity index (χ2n) is 7.46. The lowest BCUT2D eigenvalue weighted by atomic mass is 9.85. The van der Waals surface area contributed by atoms with E-state index >= 15 is 0 Å². The highest BCUT2D eigenvalue weighted by molar-refractivity contribution is 5.97. The summed E-state index contributed by atoms with van der Waals surface area (Å²) in [5.74, 6) is -0.292. The second-order valence-corrected chi connectivity index (χ2v) is 7.46. The molecule has 3 rings (SSSR count). The van der Waals surface area contributed by atoms with Crippen molar-refractivity contribution in [1.29, 1.82) is 0 Å². The number of ether oxygens (including phenoxy) is 1. The van der Waals surface area contributed by atoms with E-state index < -0.39 is 5.97 Å². The molecule has 1 unspecified atom stereocenters. The van der Waals surface area contributed by atoms with E-state index in [0.717, 1.165) is 28.8 Å². The number of fused-ring (bicyclic) bond motifs is 3. The third kappa shape index (κ3) is 3.34. The minimum absolute atomic E-state index is 0.00155. The Kier molecular flexibility index (Phi) is 5.05. The Morgan fingerprint density at radius 1 is 1.22 bits per heavy atom. The molecule has 1 aromatic heterocycles. The summed E-state index contributed by atoms with van der Waals surface area (Å²) in [6, 6.07) is 5.54. The van der Waals surface area contributed by atoms with Gasteiger partial charge in [-0.1, -0.05) is 19.9 Å². The van der Waals surface area contributed by atoms with Crippen LogP contribution in [0, 0.1) is 12.8 Å². The highest BCUT2D eigenvalue weighted by Gasteiger charge is 2.29. The van der Waals surface area contributed by atoms with Crippen LogP contribution < -0.4 is 5.43 Å². The molecular weight excluding hydrogens is 342 g/mol. The standard InChI is InChI=1S/C22H25NO4/c1-6-27-22(26)18-11-23-19(12(2)3)8-15-7-13(4)16(14(5)24)9-17(15)20(23)10-21(18)25/h7,9-12,19H,6,8H2,1-5H3.